The minimum atomic E-state index is 0.0933. The summed E-state index contributed by atoms with van der Waals surface area (Å²) in [5.41, 5.74) is 0. The molecule has 0 aliphatic heterocycles. The van der Waals surface area contributed by atoms with Gasteiger partial charge in [0.25, 0.3) is 0 Å². The molecule has 0 fully saturated rings. The summed E-state index contributed by atoms with van der Waals surface area (Å²) in [6, 6.07) is 0. The van der Waals surface area contributed by atoms with Crippen molar-refractivity contribution in [3.8, 4) is 0 Å². The van der Waals surface area contributed by atoms with E-state index in [1.54, 1.807) is 0 Å². The number of amides is 2. The number of hydrogen-bond acceptors (Lipinski definition) is 2. The highest BCUT2D eigenvalue weighted by Crippen LogP contribution is 1.99. The van der Waals surface area contributed by atoms with Gasteiger partial charge in [0.15, 0.2) is 0 Å². The lowest BCUT2D eigenvalue weighted by Gasteiger charge is -2.04. The maximum atomic E-state index is 11.2. The molecule has 2 N–H and O–H groups in total. The van der Waals surface area contributed by atoms with Crippen molar-refractivity contribution in [2.45, 2.75) is 52.4 Å². The topological polar surface area (TPSA) is 58.2 Å². The standard InChI is InChI=1S/C12H24N2O2/c1-3-9-13-11(15)7-5-6-8-12(16)14-10-4-2/h3-10H2,1-2H3,(H,13,15)(H,14,16). The molecule has 0 aliphatic carbocycles. The minimum Gasteiger partial charge on any atom is -0.356 e. The Morgan fingerprint density at radius 1 is 0.812 bits per heavy atom. The summed E-state index contributed by atoms with van der Waals surface area (Å²) >= 11 is 0. The fourth-order valence-electron chi connectivity index (χ4n) is 1.28. The Balaban J connectivity index is 3.31. The molecule has 2 amide bonds. The van der Waals surface area contributed by atoms with Gasteiger partial charge in [0, 0.05) is 25.9 Å². The molecule has 4 heteroatoms. The molecule has 94 valence electrons. The van der Waals surface area contributed by atoms with Crippen molar-refractivity contribution >= 4 is 11.8 Å². The summed E-state index contributed by atoms with van der Waals surface area (Å²) in [6.07, 6.45) is 4.56. The summed E-state index contributed by atoms with van der Waals surface area (Å²) in [7, 11) is 0. The highest BCUT2D eigenvalue weighted by atomic mass is 16.2. The van der Waals surface area contributed by atoms with Gasteiger partial charge in [-0.25, -0.2) is 0 Å². The van der Waals surface area contributed by atoms with E-state index in [9.17, 15) is 9.59 Å². The molecule has 0 aromatic carbocycles. The molecule has 0 aromatic rings. The van der Waals surface area contributed by atoms with Crippen LogP contribution in [0.5, 0.6) is 0 Å². The lowest BCUT2D eigenvalue weighted by Crippen LogP contribution is -2.24. The van der Waals surface area contributed by atoms with Crippen LogP contribution in [0, 0.1) is 0 Å². The molecule has 0 aliphatic rings. The van der Waals surface area contributed by atoms with E-state index < -0.39 is 0 Å². The molecule has 4 nitrogen and oxygen atoms in total. The number of hydrogen-bond donors (Lipinski definition) is 2. The van der Waals surface area contributed by atoms with Crippen molar-refractivity contribution < 1.29 is 9.59 Å². The van der Waals surface area contributed by atoms with Gasteiger partial charge in [0.1, 0.15) is 0 Å². The molecular weight excluding hydrogens is 204 g/mol. The largest absolute Gasteiger partial charge is 0.356 e. The molecule has 0 aromatic heterocycles. The van der Waals surface area contributed by atoms with Gasteiger partial charge in [0.2, 0.25) is 11.8 Å². The normalized spacial score (nSPS) is 9.88. The third-order valence-electron chi connectivity index (χ3n) is 2.20. The maximum absolute atomic E-state index is 11.2. The van der Waals surface area contributed by atoms with Crippen LogP contribution in [-0.2, 0) is 9.59 Å². The van der Waals surface area contributed by atoms with Gasteiger partial charge in [0.05, 0.1) is 0 Å². The molecule has 0 bridgehead atoms. The molecule has 0 heterocycles. The van der Waals surface area contributed by atoms with Crippen LogP contribution in [0.2, 0.25) is 0 Å². The molecule has 0 radical (unpaired) electrons. The van der Waals surface area contributed by atoms with E-state index in [-0.39, 0.29) is 11.8 Å². The van der Waals surface area contributed by atoms with Crippen molar-refractivity contribution in [3.63, 3.8) is 0 Å². The first-order valence-electron chi connectivity index (χ1n) is 6.24. The second-order valence-electron chi connectivity index (χ2n) is 3.91. The van der Waals surface area contributed by atoms with Gasteiger partial charge in [-0.15, -0.1) is 0 Å². The zero-order valence-corrected chi connectivity index (χ0v) is 10.5. The molecule has 0 saturated heterocycles. The monoisotopic (exact) mass is 228 g/mol. The summed E-state index contributed by atoms with van der Waals surface area (Å²) in [5.74, 6) is 0.187. The van der Waals surface area contributed by atoms with Gasteiger partial charge in [-0.05, 0) is 25.7 Å². The lowest BCUT2D eigenvalue weighted by atomic mass is 10.2. The van der Waals surface area contributed by atoms with Crippen LogP contribution in [0.15, 0.2) is 0 Å². The van der Waals surface area contributed by atoms with Crippen molar-refractivity contribution in [3.05, 3.63) is 0 Å². The molecule has 0 spiro atoms. The van der Waals surface area contributed by atoms with E-state index in [0.717, 1.165) is 38.8 Å². The average molecular weight is 228 g/mol. The number of unbranched alkanes of at least 4 members (excludes halogenated alkanes) is 1. The van der Waals surface area contributed by atoms with Crippen LogP contribution >= 0.6 is 0 Å². The zero-order chi connectivity index (χ0) is 12.2. The Labute approximate surface area is 98.2 Å². The van der Waals surface area contributed by atoms with E-state index in [1.807, 2.05) is 13.8 Å². The van der Waals surface area contributed by atoms with E-state index in [4.69, 9.17) is 0 Å². The third kappa shape index (κ3) is 9.49. The molecule has 0 atom stereocenters. The summed E-state index contributed by atoms with van der Waals surface area (Å²) < 4.78 is 0. The van der Waals surface area contributed by atoms with Crippen LogP contribution in [0.25, 0.3) is 0 Å². The second kappa shape index (κ2) is 10.5. The molecular formula is C12H24N2O2. The van der Waals surface area contributed by atoms with E-state index in [2.05, 4.69) is 10.6 Å². The summed E-state index contributed by atoms with van der Waals surface area (Å²) in [6.45, 7) is 5.54. The Morgan fingerprint density at radius 3 is 1.50 bits per heavy atom. The highest BCUT2D eigenvalue weighted by molar-refractivity contribution is 5.77. The van der Waals surface area contributed by atoms with Gasteiger partial charge in [-0.2, -0.15) is 0 Å². The number of carbonyl (C=O) groups is 2. The third-order valence-corrected chi connectivity index (χ3v) is 2.20. The number of carbonyl (C=O) groups excluding carboxylic acids is 2. The highest BCUT2D eigenvalue weighted by Gasteiger charge is 2.02. The van der Waals surface area contributed by atoms with Crippen molar-refractivity contribution in [2.24, 2.45) is 0 Å². The van der Waals surface area contributed by atoms with Gasteiger partial charge in [-0.1, -0.05) is 13.8 Å². The van der Waals surface area contributed by atoms with Crippen LogP contribution in [0.4, 0.5) is 0 Å². The predicted octanol–water partition coefficient (Wildman–Crippen LogP) is 1.60. The second-order valence-corrected chi connectivity index (χ2v) is 3.91. The van der Waals surface area contributed by atoms with Crippen molar-refractivity contribution in [1.29, 1.82) is 0 Å². The summed E-state index contributed by atoms with van der Waals surface area (Å²) in [5, 5.41) is 5.63. The molecule has 0 unspecified atom stereocenters. The lowest BCUT2D eigenvalue weighted by molar-refractivity contribution is -0.123. The van der Waals surface area contributed by atoms with Gasteiger partial charge < -0.3 is 10.6 Å². The van der Waals surface area contributed by atoms with Crippen LogP contribution in [-0.4, -0.2) is 24.9 Å². The fraction of sp³-hybridized carbons (Fsp3) is 0.833. The number of nitrogens with one attached hydrogen (secondary N) is 2. The summed E-state index contributed by atoms with van der Waals surface area (Å²) in [4.78, 5) is 22.4. The average Bonchev–Trinajstić information content (AvgIpc) is 2.29. The SMILES string of the molecule is CCCNC(=O)CCCCC(=O)NCCC. The first kappa shape index (κ1) is 14.9. The fourth-order valence-corrected chi connectivity index (χ4v) is 1.28. The smallest absolute Gasteiger partial charge is 0.219 e. The van der Waals surface area contributed by atoms with Gasteiger partial charge in [-0.3, -0.25) is 9.59 Å². The molecule has 0 rings (SSSR count). The molecule has 0 saturated carbocycles. The van der Waals surface area contributed by atoms with Gasteiger partial charge >= 0.3 is 0 Å². The quantitative estimate of drug-likeness (QED) is 0.589. The Hall–Kier alpha value is -1.06. The minimum absolute atomic E-state index is 0.0933. The van der Waals surface area contributed by atoms with Crippen molar-refractivity contribution in [2.75, 3.05) is 13.1 Å². The van der Waals surface area contributed by atoms with E-state index in [1.165, 1.54) is 0 Å². The van der Waals surface area contributed by atoms with E-state index in [0.29, 0.717) is 12.8 Å². The number of rotatable bonds is 9. The van der Waals surface area contributed by atoms with Crippen LogP contribution in [0.3, 0.4) is 0 Å². The van der Waals surface area contributed by atoms with Crippen molar-refractivity contribution in [1.82, 2.24) is 10.6 Å². The Morgan fingerprint density at radius 2 is 1.19 bits per heavy atom. The molecule has 16 heavy (non-hydrogen) atoms. The van der Waals surface area contributed by atoms with Crippen LogP contribution < -0.4 is 10.6 Å². The zero-order valence-electron chi connectivity index (χ0n) is 10.5. The first-order chi connectivity index (χ1) is 7.70. The Bertz CT molecular complexity index is 183. The van der Waals surface area contributed by atoms with Crippen LogP contribution in [0.1, 0.15) is 52.4 Å². The van der Waals surface area contributed by atoms with E-state index >= 15 is 0 Å². The first-order valence-corrected chi connectivity index (χ1v) is 6.24. The maximum Gasteiger partial charge on any atom is 0.219 e. The predicted molar refractivity (Wildman–Crippen MR) is 65.1 cm³/mol. The Kier molecular flexibility index (Phi) is 9.76.